The van der Waals surface area contributed by atoms with Crippen LogP contribution in [-0.2, 0) is 4.74 Å². The molecule has 1 aliphatic rings. The highest BCUT2D eigenvalue weighted by molar-refractivity contribution is 5.55. The van der Waals surface area contributed by atoms with Crippen LogP contribution in [0.2, 0.25) is 0 Å². The number of nitrogens with one attached hydrogen (secondary N) is 1. The first-order valence-corrected chi connectivity index (χ1v) is 6.26. The van der Waals surface area contributed by atoms with E-state index in [-0.39, 0.29) is 0 Å². The van der Waals surface area contributed by atoms with Gasteiger partial charge in [-0.3, -0.25) is 0 Å². The highest BCUT2D eigenvalue weighted by Crippen LogP contribution is 2.15. The van der Waals surface area contributed by atoms with E-state index in [1.807, 2.05) is 30.3 Å². The highest BCUT2D eigenvalue weighted by Gasteiger charge is 2.14. The topological polar surface area (TPSA) is 63.2 Å². The van der Waals surface area contributed by atoms with Gasteiger partial charge in [-0.1, -0.05) is 18.2 Å². The van der Waals surface area contributed by atoms with E-state index in [2.05, 4.69) is 25.4 Å². The number of nitrogens with zero attached hydrogens (tertiary/aromatic N) is 4. The fourth-order valence-electron chi connectivity index (χ4n) is 1.92. The molecule has 0 bridgehead atoms. The summed E-state index contributed by atoms with van der Waals surface area (Å²) in [4.78, 5) is 6.55. The maximum absolute atomic E-state index is 5.31. The molecule has 2 aromatic rings. The zero-order valence-electron chi connectivity index (χ0n) is 10.5. The lowest BCUT2D eigenvalue weighted by Gasteiger charge is -2.26. The van der Waals surface area contributed by atoms with E-state index in [0.29, 0.717) is 25.0 Å². The van der Waals surface area contributed by atoms with Crippen molar-refractivity contribution in [3.8, 4) is 0 Å². The largest absolute Gasteiger partial charge is 0.378 e. The second kappa shape index (κ2) is 5.62. The SMILES string of the molecule is c1ccc(Nc2cnnc(N3CCOCC3)n2)cc1. The molecule has 0 spiro atoms. The van der Waals surface area contributed by atoms with E-state index in [1.54, 1.807) is 6.20 Å². The zero-order valence-corrected chi connectivity index (χ0v) is 10.5. The highest BCUT2D eigenvalue weighted by atomic mass is 16.5. The predicted octanol–water partition coefficient (Wildman–Crippen LogP) is 1.45. The summed E-state index contributed by atoms with van der Waals surface area (Å²) in [5.74, 6) is 1.34. The molecule has 0 aliphatic carbocycles. The number of para-hydroxylation sites is 1. The van der Waals surface area contributed by atoms with Gasteiger partial charge in [0.15, 0.2) is 5.82 Å². The van der Waals surface area contributed by atoms with E-state index in [1.165, 1.54) is 0 Å². The maximum atomic E-state index is 5.31. The van der Waals surface area contributed by atoms with Crippen molar-refractivity contribution in [2.75, 3.05) is 36.5 Å². The quantitative estimate of drug-likeness (QED) is 0.898. The third-order valence-corrected chi connectivity index (χ3v) is 2.89. The van der Waals surface area contributed by atoms with E-state index in [4.69, 9.17) is 4.74 Å². The Balaban J connectivity index is 1.76. The second-order valence-corrected chi connectivity index (χ2v) is 4.23. The number of morpholine rings is 1. The molecule has 1 aromatic carbocycles. The van der Waals surface area contributed by atoms with Crippen molar-refractivity contribution < 1.29 is 4.74 Å². The van der Waals surface area contributed by atoms with Crippen molar-refractivity contribution in [1.29, 1.82) is 0 Å². The van der Waals surface area contributed by atoms with Gasteiger partial charge in [0, 0.05) is 18.8 Å². The molecule has 6 nitrogen and oxygen atoms in total. The lowest BCUT2D eigenvalue weighted by atomic mass is 10.3. The zero-order chi connectivity index (χ0) is 12.9. The molecule has 19 heavy (non-hydrogen) atoms. The number of anilines is 3. The van der Waals surface area contributed by atoms with Crippen molar-refractivity contribution in [1.82, 2.24) is 15.2 Å². The first-order valence-electron chi connectivity index (χ1n) is 6.26. The van der Waals surface area contributed by atoms with Crippen LogP contribution in [0.3, 0.4) is 0 Å². The Morgan fingerprint density at radius 1 is 1.11 bits per heavy atom. The summed E-state index contributed by atoms with van der Waals surface area (Å²) in [5.41, 5.74) is 0.982. The molecular formula is C13H15N5O. The van der Waals surface area contributed by atoms with E-state index >= 15 is 0 Å². The second-order valence-electron chi connectivity index (χ2n) is 4.23. The number of ether oxygens (including phenoxy) is 1. The monoisotopic (exact) mass is 257 g/mol. The van der Waals surface area contributed by atoms with Crippen molar-refractivity contribution in [3.63, 3.8) is 0 Å². The summed E-state index contributed by atoms with van der Waals surface area (Å²) < 4.78 is 5.31. The van der Waals surface area contributed by atoms with E-state index in [0.717, 1.165) is 18.8 Å². The number of rotatable bonds is 3. The third kappa shape index (κ3) is 2.97. The Hall–Kier alpha value is -2.21. The van der Waals surface area contributed by atoms with Gasteiger partial charge < -0.3 is 15.0 Å². The molecule has 1 fully saturated rings. The average molecular weight is 257 g/mol. The molecule has 98 valence electrons. The number of hydrogen-bond donors (Lipinski definition) is 1. The van der Waals surface area contributed by atoms with Crippen molar-refractivity contribution in [2.45, 2.75) is 0 Å². The smallest absolute Gasteiger partial charge is 0.247 e. The number of hydrogen-bond acceptors (Lipinski definition) is 6. The Morgan fingerprint density at radius 3 is 2.68 bits per heavy atom. The van der Waals surface area contributed by atoms with Gasteiger partial charge in [-0.15, -0.1) is 5.10 Å². The first kappa shape index (κ1) is 11.9. The Morgan fingerprint density at radius 2 is 1.89 bits per heavy atom. The van der Waals surface area contributed by atoms with Crippen LogP contribution < -0.4 is 10.2 Å². The Labute approximate surface area is 111 Å². The first-order chi connectivity index (χ1) is 9.42. The summed E-state index contributed by atoms with van der Waals surface area (Å²) in [6.07, 6.45) is 1.62. The third-order valence-electron chi connectivity index (χ3n) is 2.89. The van der Waals surface area contributed by atoms with Crippen LogP contribution in [0.25, 0.3) is 0 Å². The van der Waals surface area contributed by atoms with Gasteiger partial charge in [0.05, 0.1) is 19.4 Å². The molecule has 0 saturated carbocycles. The minimum absolute atomic E-state index is 0.643. The average Bonchev–Trinajstić information content (AvgIpc) is 2.49. The predicted molar refractivity (Wildman–Crippen MR) is 72.6 cm³/mol. The van der Waals surface area contributed by atoms with Gasteiger partial charge in [-0.25, -0.2) is 0 Å². The molecule has 2 heterocycles. The summed E-state index contributed by atoms with van der Waals surface area (Å²) in [7, 11) is 0. The van der Waals surface area contributed by atoms with Crippen LogP contribution >= 0.6 is 0 Å². The number of benzene rings is 1. The molecule has 6 heteroatoms. The van der Waals surface area contributed by atoms with Crippen molar-refractivity contribution >= 4 is 17.5 Å². The van der Waals surface area contributed by atoms with Crippen LogP contribution in [0.15, 0.2) is 36.5 Å². The molecular weight excluding hydrogens is 242 g/mol. The molecule has 1 saturated heterocycles. The fourth-order valence-corrected chi connectivity index (χ4v) is 1.92. The minimum atomic E-state index is 0.643. The van der Waals surface area contributed by atoms with Gasteiger partial charge in [-0.2, -0.15) is 10.1 Å². The summed E-state index contributed by atoms with van der Waals surface area (Å²) in [5, 5.41) is 11.3. The fraction of sp³-hybridized carbons (Fsp3) is 0.308. The van der Waals surface area contributed by atoms with Gasteiger partial charge in [0.25, 0.3) is 0 Å². The van der Waals surface area contributed by atoms with Crippen LogP contribution in [0.4, 0.5) is 17.5 Å². The normalized spacial score (nSPS) is 15.3. The molecule has 1 aliphatic heterocycles. The lowest BCUT2D eigenvalue weighted by Crippen LogP contribution is -2.37. The van der Waals surface area contributed by atoms with Gasteiger partial charge >= 0.3 is 0 Å². The van der Waals surface area contributed by atoms with Gasteiger partial charge in [0.1, 0.15) is 0 Å². The minimum Gasteiger partial charge on any atom is -0.378 e. The van der Waals surface area contributed by atoms with Gasteiger partial charge in [0.2, 0.25) is 5.95 Å². The van der Waals surface area contributed by atoms with Crippen molar-refractivity contribution in [2.24, 2.45) is 0 Å². The van der Waals surface area contributed by atoms with E-state index < -0.39 is 0 Å². The van der Waals surface area contributed by atoms with Gasteiger partial charge in [-0.05, 0) is 12.1 Å². The Kier molecular flexibility index (Phi) is 3.51. The summed E-state index contributed by atoms with van der Waals surface area (Å²) in [6.45, 7) is 3.02. The Bertz CT molecular complexity index is 528. The molecule has 1 aromatic heterocycles. The molecule has 3 rings (SSSR count). The van der Waals surface area contributed by atoms with Crippen LogP contribution in [0.1, 0.15) is 0 Å². The van der Waals surface area contributed by atoms with Crippen LogP contribution in [-0.4, -0.2) is 41.5 Å². The summed E-state index contributed by atoms with van der Waals surface area (Å²) in [6, 6.07) is 9.88. The molecule has 0 radical (unpaired) electrons. The molecule has 1 N–H and O–H groups in total. The molecule has 0 atom stereocenters. The van der Waals surface area contributed by atoms with Crippen LogP contribution in [0.5, 0.6) is 0 Å². The summed E-state index contributed by atoms with van der Waals surface area (Å²) >= 11 is 0. The lowest BCUT2D eigenvalue weighted by molar-refractivity contribution is 0.122. The van der Waals surface area contributed by atoms with Crippen molar-refractivity contribution in [3.05, 3.63) is 36.5 Å². The van der Waals surface area contributed by atoms with Crippen LogP contribution in [0, 0.1) is 0 Å². The molecule has 0 amide bonds. The number of aromatic nitrogens is 3. The maximum Gasteiger partial charge on any atom is 0.247 e. The standard InChI is InChI=1S/C13H15N5O/c1-2-4-11(5-3-1)15-12-10-14-17-13(16-12)18-6-8-19-9-7-18/h1-5,10H,6-9H2,(H,15,16,17). The molecule has 0 unspecified atom stereocenters. The van der Waals surface area contributed by atoms with E-state index in [9.17, 15) is 0 Å².